The van der Waals surface area contributed by atoms with Gasteiger partial charge < -0.3 is 10.2 Å². The van der Waals surface area contributed by atoms with Crippen molar-refractivity contribution in [1.29, 1.82) is 0 Å². The zero-order valence-electron chi connectivity index (χ0n) is 14.0. The first-order chi connectivity index (χ1) is 12.1. The predicted molar refractivity (Wildman–Crippen MR) is 91.7 cm³/mol. The zero-order chi connectivity index (χ0) is 17.6. The minimum Gasteiger partial charge on any atom is -0.349 e. The fourth-order valence-corrected chi connectivity index (χ4v) is 3.03. The van der Waals surface area contributed by atoms with E-state index in [4.69, 9.17) is 0 Å². The largest absolute Gasteiger partial charge is 0.349 e. The van der Waals surface area contributed by atoms with Crippen LogP contribution in [0.4, 0.5) is 4.39 Å². The highest BCUT2D eigenvalue weighted by atomic mass is 19.1. The van der Waals surface area contributed by atoms with Crippen molar-refractivity contribution < 1.29 is 14.1 Å². The third-order valence-electron chi connectivity index (χ3n) is 4.41. The number of likely N-dealkylation sites (tertiary alicyclic amines) is 1. The van der Waals surface area contributed by atoms with Crippen molar-refractivity contribution in [2.45, 2.75) is 19.4 Å². The number of benzene rings is 1. The maximum absolute atomic E-state index is 13.0. The summed E-state index contributed by atoms with van der Waals surface area (Å²) < 4.78 is 14.2. The highest BCUT2D eigenvalue weighted by Gasteiger charge is 2.15. The lowest BCUT2D eigenvalue weighted by Gasteiger charge is -2.12. The summed E-state index contributed by atoms with van der Waals surface area (Å²) in [4.78, 5) is 25.5. The lowest BCUT2D eigenvalue weighted by atomic mass is 10.1. The second-order valence-corrected chi connectivity index (χ2v) is 6.28. The maximum atomic E-state index is 13.0. The van der Waals surface area contributed by atoms with Gasteiger partial charge >= 0.3 is 0 Å². The minimum absolute atomic E-state index is 0.122. The molecule has 3 rings (SSSR count). The molecule has 7 heteroatoms. The molecule has 1 aliphatic heterocycles. The summed E-state index contributed by atoms with van der Waals surface area (Å²) in [6.07, 6.45) is 2.50. The Morgan fingerprint density at radius 3 is 2.60 bits per heavy atom. The van der Waals surface area contributed by atoms with Crippen LogP contribution in [-0.4, -0.2) is 41.9 Å². The van der Waals surface area contributed by atoms with E-state index in [2.05, 4.69) is 10.4 Å². The van der Waals surface area contributed by atoms with Gasteiger partial charge in [0.2, 0.25) is 5.91 Å². The van der Waals surface area contributed by atoms with Gasteiger partial charge in [-0.3, -0.25) is 9.59 Å². The number of hydrogen-bond donors (Lipinski definition) is 2. The van der Waals surface area contributed by atoms with E-state index >= 15 is 0 Å². The number of nitrogens with one attached hydrogen (secondary N) is 2. The lowest BCUT2D eigenvalue weighted by molar-refractivity contribution is -0.886. The average molecular weight is 345 g/mol. The van der Waals surface area contributed by atoms with E-state index in [0.29, 0.717) is 17.8 Å². The van der Waals surface area contributed by atoms with E-state index in [1.807, 2.05) is 0 Å². The number of carbonyl (C=O) groups is 1. The van der Waals surface area contributed by atoms with E-state index in [-0.39, 0.29) is 23.8 Å². The van der Waals surface area contributed by atoms with Gasteiger partial charge in [-0.2, -0.15) is 5.10 Å². The van der Waals surface area contributed by atoms with Crippen LogP contribution in [0.1, 0.15) is 12.8 Å². The first-order valence-electron chi connectivity index (χ1n) is 8.56. The van der Waals surface area contributed by atoms with Gasteiger partial charge in [0, 0.05) is 24.5 Å². The van der Waals surface area contributed by atoms with Gasteiger partial charge in [-0.15, -0.1) is 0 Å². The van der Waals surface area contributed by atoms with Crippen molar-refractivity contribution in [3.8, 4) is 11.3 Å². The fraction of sp³-hybridized carbons (Fsp3) is 0.389. The van der Waals surface area contributed by atoms with Crippen molar-refractivity contribution in [2.24, 2.45) is 0 Å². The van der Waals surface area contributed by atoms with Gasteiger partial charge in [0.1, 0.15) is 12.4 Å². The predicted octanol–water partition coefficient (Wildman–Crippen LogP) is -0.156. The quantitative estimate of drug-likeness (QED) is 0.765. The molecule has 0 spiro atoms. The molecule has 1 aromatic heterocycles. The van der Waals surface area contributed by atoms with Crippen LogP contribution >= 0.6 is 0 Å². The Kier molecular flexibility index (Phi) is 5.55. The van der Waals surface area contributed by atoms with Gasteiger partial charge in [0.05, 0.1) is 31.9 Å². The average Bonchev–Trinajstić information content (AvgIpc) is 3.11. The molecule has 2 N–H and O–H groups in total. The third kappa shape index (κ3) is 4.73. The summed E-state index contributed by atoms with van der Waals surface area (Å²) in [7, 11) is 0. The van der Waals surface area contributed by atoms with Crippen LogP contribution in [0, 0.1) is 5.82 Å². The van der Waals surface area contributed by atoms with Crippen LogP contribution in [0.3, 0.4) is 0 Å². The maximum Gasteiger partial charge on any atom is 0.267 e. The molecular formula is C18H22FN4O2+. The molecule has 1 saturated heterocycles. The van der Waals surface area contributed by atoms with Crippen molar-refractivity contribution in [3.05, 3.63) is 52.6 Å². The van der Waals surface area contributed by atoms with Crippen LogP contribution in [0.25, 0.3) is 11.3 Å². The summed E-state index contributed by atoms with van der Waals surface area (Å²) in [5.74, 6) is -0.568. The third-order valence-corrected chi connectivity index (χ3v) is 4.41. The highest BCUT2D eigenvalue weighted by molar-refractivity contribution is 5.75. The molecule has 2 heterocycles. The van der Waals surface area contributed by atoms with Crippen LogP contribution in [0.15, 0.2) is 41.2 Å². The molecule has 0 atom stereocenters. The van der Waals surface area contributed by atoms with Crippen LogP contribution in [0.5, 0.6) is 0 Å². The first-order valence-corrected chi connectivity index (χ1v) is 8.56. The summed E-state index contributed by atoms with van der Waals surface area (Å²) in [5, 5.41) is 7.06. The topological polar surface area (TPSA) is 68.4 Å². The van der Waals surface area contributed by atoms with E-state index in [1.54, 1.807) is 18.2 Å². The number of quaternary nitrogens is 1. The smallest absolute Gasteiger partial charge is 0.267 e. The molecule has 1 fully saturated rings. The SMILES string of the molecule is O=C(Cn1nc(-c2ccc(F)cc2)ccc1=O)NCC[NH+]1CCCC1. The number of carbonyl (C=O) groups excluding carboxylic acids is 1. The van der Waals surface area contributed by atoms with Gasteiger partial charge in [-0.25, -0.2) is 9.07 Å². The number of nitrogens with zero attached hydrogens (tertiary/aromatic N) is 2. The second-order valence-electron chi connectivity index (χ2n) is 6.28. The van der Waals surface area contributed by atoms with Crippen LogP contribution in [0.2, 0.25) is 0 Å². The van der Waals surface area contributed by atoms with Gasteiger partial charge in [0.25, 0.3) is 5.56 Å². The molecule has 1 aromatic carbocycles. The normalized spacial score (nSPS) is 14.6. The Labute approximate surface area is 145 Å². The molecule has 132 valence electrons. The van der Waals surface area contributed by atoms with Crippen LogP contribution in [-0.2, 0) is 11.3 Å². The zero-order valence-corrected chi connectivity index (χ0v) is 14.0. The highest BCUT2D eigenvalue weighted by Crippen LogP contribution is 2.15. The summed E-state index contributed by atoms with van der Waals surface area (Å²) in [6.45, 7) is 3.71. The number of rotatable bonds is 6. The monoisotopic (exact) mass is 345 g/mol. The van der Waals surface area contributed by atoms with Crippen molar-refractivity contribution in [1.82, 2.24) is 15.1 Å². The summed E-state index contributed by atoms with van der Waals surface area (Å²) in [6, 6.07) is 8.78. The number of amides is 1. The second kappa shape index (κ2) is 8.02. The minimum atomic E-state index is -0.342. The fourth-order valence-electron chi connectivity index (χ4n) is 3.03. The molecule has 2 aromatic rings. The Morgan fingerprint density at radius 1 is 1.16 bits per heavy atom. The Hall–Kier alpha value is -2.54. The first kappa shape index (κ1) is 17.3. The van der Waals surface area contributed by atoms with Crippen molar-refractivity contribution in [3.63, 3.8) is 0 Å². The van der Waals surface area contributed by atoms with E-state index < -0.39 is 0 Å². The molecule has 0 unspecified atom stereocenters. The van der Waals surface area contributed by atoms with Crippen LogP contribution < -0.4 is 15.8 Å². The standard InChI is InChI=1S/C18H21FN4O2/c19-15-5-3-14(4-6-15)16-7-8-18(25)23(21-16)13-17(24)20-9-12-22-10-1-2-11-22/h3-8H,1-2,9-13H2,(H,20,24)/p+1. The number of hydrogen-bond acceptors (Lipinski definition) is 3. The van der Waals surface area contributed by atoms with Crippen molar-refractivity contribution >= 4 is 5.91 Å². The number of aromatic nitrogens is 2. The molecule has 1 aliphatic rings. The molecule has 0 radical (unpaired) electrons. The summed E-state index contributed by atoms with van der Waals surface area (Å²) in [5.41, 5.74) is 0.869. The lowest BCUT2D eigenvalue weighted by Crippen LogP contribution is -3.10. The Morgan fingerprint density at radius 2 is 1.88 bits per heavy atom. The molecule has 1 amide bonds. The number of halogens is 1. The van der Waals surface area contributed by atoms with Gasteiger partial charge in [-0.1, -0.05) is 0 Å². The molecule has 25 heavy (non-hydrogen) atoms. The summed E-state index contributed by atoms with van der Waals surface area (Å²) >= 11 is 0. The van der Waals surface area contributed by atoms with E-state index in [0.717, 1.165) is 24.3 Å². The van der Waals surface area contributed by atoms with E-state index in [1.165, 1.54) is 35.9 Å². The Bertz CT molecular complexity index is 782. The Balaban J connectivity index is 1.61. The molecule has 0 aliphatic carbocycles. The molecule has 6 nitrogen and oxygen atoms in total. The van der Waals surface area contributed by atoms with Gasteiger partial charge in [0.15, 0.2) is 0 Å². The molecule has 0 bridgehead atoms. The van der Waals surface area contributed by atoms with E-state index in [9.17, 15) is 14.0 Å². The molecular weight excluding hydrogens is 323 g/mol. The van der Waals surface area contributed by atoms with Crippen molar-refractivity contribution in [2.75, 3.05) is 26.2 Å². The molecule has 0 saturated carbocycles. The van der Waals surface area contributed by atoms with Gasteiger partial charge in [-0.05, 0) is 30.3 Å².